The van der Waals surface area contributed by atoms with Gasteiger partial charge < -0.3 is 34.6 Å². The van der Waals surface area contributed by atoms with E-state index in [1.165, 1.54) is 35.1 Å². The number of likely N-dealkylation sites (N-methyl/N-ethyl adjacent to an activating group) is 2. The molecule has 0 bridgehead atoms. The number of ketones is 1. The number of carbonyl (C=O) groups is 7. The Hall–Kier alpha value is -4.59. The van der Waals surface area contributed by atoms with Crippen molar-refractivity contribution in [1.29, 1.82) is 0 Å². The van der Waals surface area contributed by atoms with Gasteiger partial charge in [-0.1, -0.05) is 36.9 Å². The summed E-state index contributed by atoms with van der Waals surface area (Å²) in [4.78, 5) is 89.3. The van der Waals surface area contributed by atoms with E-state index in [0.29, 0.717) is 5.56 Å². The van der Waals surface area contributed by atoms with Crippen LogP contribution in [0.4, 0.5) is 0 Å². The van der Waals surface area contributed by atoms with E-state index < -0.39 is 66.5 Å². The molecule has 0 radical (unpaired) electrons. The molecule has 0 heterocycles. The lowest BCUT2D eigenvalue weighted by atomic mass is 10.1. The molecule has 14 nitrogen and oxygen atoms in total. The summed E-state index contributed by atoms with van der Waals surface area (Å²) in [6, 6.07) is 7.13. The summed E-state index contributed by atoms with van der Waals surface area (Å²) in [5.74, 6) is -4.81. The van der Waals surface area contributed by atoms with Crippen molar-refractivity contribution in [3.63, 3.8) is 0 Å². The van der Waals surface area contributed by atoms with E-state index in [0.717, 1.165) is 16.7 Å². The highest BCUT2D eigenvalue weighted by Crippen LogP contribution is 2.15. The molecule has 4 atom stereocenters. The van der Waals surface area contributed by atoms with Crippen LogP contribution in [0.3, 0.4) is 0 Å². The molecule has 1 rings (SSSR count). The van der Waals surface area contributed by atoms with Crippen molar-refractivity contribution in [1.82, 2.24) is 20.4 Å². The number of esters is 2. The monoisotopic (exact) mass is 618 g/mol. The maximum Gasteiger partial charge on any atom is 0.333 e. The molecule has 0 aliphatic carbocycles. The summed E-state index contributed by atoms with van der Waals surface area (Å²) < 4.78 is 15.9. The topological polar surface area (TPSA) is 178 Å². The highest BCUT2D eigenvalue weighted by molar-refractivity contribution is 6.00. The summed E-state index contributed by atoms with van der Waals surface area (Å²) in [5, 5.41) is 4.74. The maximum absolute atomic E-state index is 13.6. The van der Waals surface area contributed by atoms with Crippen molar-refractivity contribution in [2.75, 3.05) is 34.3 Å². The van der Waals surface area contributed by atoms with Crippen molar-refractivity contribution in [3.05, 3.63) is 48.2 Å². The summed E-state index contributed by atoms with van der Waals surface area (Å²) in [7, 11) is 4.07. The van der Waals surface area contributed by atoms with Gasteiger partial charge >= 0.3 is 11.9 Å². The van der Waals surface area contributed by atoms with Gasteiger partial charge in [0.2, 0.25) is 11.8 Å². The average Bonchev–Trinajstić information content (AvgIpc) is 2.96. The Morgan fingerprint density at radius 3 is 2.11 bits per heavy atom. The van der Waals surface area contributed by atoms with Crippen molar-refractivity contribution in [3.8, 4) is 0 Å². The fourth-order valence-corrected chi connectivity index (χ4v) is 3.77. The number of hydrogen-bond acceptors (Lipinski definition) is 10. The molecule has 0 fully saturated rings. The van der Waals surface area contributed by atoms with Crippen molar-refractivity contribution < 1.29 is 47.8 Å². The van der Waals surface area contributed by atoms with Gasteiger partial charge in [-0.3, -0.25) is 28.8 Å². The van der Waals surface area contributed by atoms with Gasteiger partial charge in [0.15, 0.2) is 12.1 Å². The zero-order valence-electron chi connectivity index (χ0n) is 26.2. The van der Waals surface area contributed by atoms with Crippen LogP contribution in [0.15, 0.2) is 42.6 Å². The molecule has 242 valence electrons. The van der Waals surface area contributed by atoms with Gasteiger partial charge in [0.05, 0.1) is 25.6 Å². The Balaban J connectivity index is 3.13. The van der Waals surface area contributed by atoms with E-state index in [1.807, 2.05) is 0 Å². The molecule has 14 heteroatoms. The summed E-state index contributed by atoms with van der Waals surface area (Å²) in [6.07, 6.45) is -3.33. The number of hydrogen-bond donors (Lipinski definition) is 2. The van der Waals surface area contributed by atoms with Crippen molar-refractivity contribution in [2.24, 2.45) is 0 Å². The van der Waals surface area contributed by atoms with E-state index in [2.05, 4.69) is 17.2 Å². The second kappa shape index (κ2) is 18.2. The van der Waals surface area contributed by atoms with E-state index in [9.17, 15) is 33.6 Å². The van der Waals surface area contributed by atoms with E-state index in [-0.39, 0.29) is 30.9 Å². The molecule has 0 aliphatic heterocycles. The number of nitrogens with one attached hydrogen (secondary N) is 2. The molecule has 2 unspecified atom stereocenters. The molecule has 1 aromatic carbocycles. The van der Waals surface area contributed by atoms with Gasteiger partial charge in [0.25, 0.3) is 11.8 Å². The molecule has 0 aliphatic rings. The fourth-order valence-electron chi connectivity index (χ4n) is 3.77. The summed E-state index contributed by atoms with van der Waals surface area (Å²) in [5.41, 5.74) is 0.268. The number of nitrogens with zero attached hydrogens (tertiary/aromatic N) is 2. The molecule has 0 saturated carbocycles. The summed E-state index contributed by atoms with van der Waals surface area (Å²) in [6.45, 7) is 8.56. The molecule has 0 aromatic heterocycles. The van der Waals surface area contributed by atoms with Crippen LogP contribution in [-0.2, 0) is 54.2 Å². The number of methoxy groups -OCH3 is 1. The molecule has 0 saturated heterocycles. The van der Waals surface area contributed by atoms with E-state index in [1.54, 1.807) is 37.3 Å². The van der Waals surface area contributed by atoms with Crippen LogP contribution in [0, 0.1) is 0 Å². The fraction of sp³-hybridized carbons (Fsp3) is 0.500. The average molecular weight is 619 g/mol. The Labute approximate surface area is 257 Å². The van der Waals surface area contributed by atoms with Crippen molar-refractivity contribution in [2.45, 2.75) is 64.9 Å². The smallest absolute Gasteiger partial charge is 0.333 e. The highest BCUT2D eigenvalue weighted by Gasteiger charge is 2.36. The van der Waals surface area contributed by atoms with Gasteiger partial charge in [-0.25, -0.2) is 4.79 Å². The first-order valence-electron chi connectivity index (χ1n) is 13.8. The Kier molecular flexibility index (Phi) is 15.4. The minimum Gasteiger partial charge on any atom is -0.460 e. The molecule has 1 aromatic rings. The second-order valence-electron chi connectivity index (χ2n) is 10.2. The highest BCUT2D eigenvalue weighted by atomic mass is 16.6. The molecular weight excluding hydrogens is 576 g/mol. The minimum atomic E-state index is -1.49. The number of carbonyl (C=O) groups excluding carboxylic acids is 7. The lowest BCUT2D eigenvalue weighted by Crippen LogP contribution is -2.52. The second-order valence-corrected chi connectivity index (χ2v) is 10.2. The Morgan fingerprint density at radius 1 is 0.955 bits per heavy atom. The van der Waals surface area contributed by atoms with Gasteiger partial charge in [-0.05, 0) is 26.3 Å². The molecule has 0 spiro atoms. The van der Waals surface area contributed by atoms with Crippen LogP contribution in [0.2, 0.25) is 0 Å². The largest absolute Gasteiger partial charge is 0.460 e. The third kappa shape index (κ3) is 12.7. The first-order chi connectivity index (χ1) is 20.6. The standard InChI is InChI=1S/C30H42N4O10/c1-18(35)17-33(6)25(37)16-31-28(39)20(3)34(7)29(40)24(15-23-12-10-9-11-13-23)44-30(41)27(32-22(5)36)21(4)43-26(38)14-19(2)42-8/h9-13,19,21,24,27H,3,14-17H2,1-2,4-8H3,(H,31,39)(H,32,36)/t19-,21-,24?,27?/m1/s1. The molecule has 4 amide bonds. The van der Waals surface area contributed by atoms with E-state index in [4.69, 9.17) is 14.2 Å². The van der Waals surface area contributed by atoms with Crippen LogP contribution < -0.4 is 10.6 Å². The first-order valence-corrected chi connectivity index (χ1v) is 13.8. The van der Waals surface area contributed by atoms with Gasteiger partial charge in [-0.15, -0.1) is 0 Å². The third-order valence-electron chi connectivity index (χ3n) is 6.34. The summed E-state index contributed by atoms with van der Waals surface area (Å²) >= 11 is 0. The normalized spacial score (nSPS) is 13.2. The quantitative estimate of drug-likeness (QED) is 0.180. The van der Waals surface area contributed by atoms with Crippen LogP contribution >= 0.6 is 0 Å². The predicted molar refractivity (Wildman–Crippen MR) is 158 cm³/mol. The number of rotatable bonds is 17. The molecule has 44 heavy (non-hydrogen) atoms. The Bertz CT molecular complexity index is 1220. The zero-order valence-corrected chi connectivity index (χ0v) is 26.2. The van der Waals surface area contributed by atoms with Gasteiger partial charge in [0, 0.05) is 34.5 Å². The van der Waals surface area contributed by atoms with Gasteiger partial charge in [-0.2, -0.15) is 0 Å². The van der Waals surface area contributed by atoms with E-state index >= 15 is 0 Å². The number of ether oxygens (including phenoxy) is 3. The lowest BCUT2D eigenvalue weighted by molar-refractivity contribution is -0.167. The lowest BCUT2D eigenvalue weighted by Gasteiger charge is -2.28. The minimum absolute atomic E-state index is 0.106. The zero-order chi connectivity index (χ0) is 33.6. The Morgan fingerprint density at radius 2 is 1.57 bits per heavy atom. The van der Waals surface area contributed by atoms with Crippen molar-refractivity contribution >= 4 is 41.4 Å². The third-order valence-corrected chi connectivity index (χ3v) is 6.34. The first kappa shape index (κ1) is 37.4. The van der Waals surface area contributed by atoms with Crippen LogP contribution in [0.1, 0.15) is 39.7 Å². The predicted octanol–water partition coefficient (Wildman–Crippen LogP) is 0.138. The van der Waals surface area contributed by atoms with Crippen LogP contribution in [0.5, 0.6) is 0 Å². The number of amides is 4. The van der Waals surface area contributed by atoms with Gasteiger partial charge in [0.1, 0.15) is 17.6 Å². The number of benzene rings is 1. The SMILES string of the molecule is C=C(C(=O)NCC(=O)N(C)CC(C)=O)N(C)C(=O)C(Cc1ccccc1)OC(=O)C(NC(C)=O)[C@@H](C)OC(=O)C[C@@H](C)OC. The molecular formula is C30H42N4O10. The maximum atomic E-state index is 13.6. The van der Waals surface area contributed by atoms with Crippen LogP contribution in [-0.4, -0.2) is 110 Å². The van der Waals surface area contributed by atoms with Crippen LogP contribution in [0.25, 0.3) is 0 Å². The molecule has 2 N–H and O–H groups in total. The number of Topliss-reactive ketones (excluding diaryl/α,β-unsaturated/α-hetero) is 1.